The van der Waals surface area contributed by atoms with E-state index in [9.17, 15) is 38.5 Å². The zero-order chi connectivity index (χ0) is 95.5. The molecule has 12 aromatic rings. The third kappa shape index (κ3) is 18.9. The highest BCUT2D eigenvalue weighted by Gasteiger charge is 2.59. The van der Waals surface area contributed by atoms with E-state index in [0.717, 1.165) is 21.8 Å². The second-order valence-electron chi connectivity index (χ2n) is 30.6. The first-order valence-electron chi connectivity index (χ1n) is 39.0. The predicted octanol–water partition coefficient (Wildman–Crippen LogP) is 3.11. The van der Waals surface area contributed by atoms with Crippen molar-refractivity contribution in [1.82, 2.24) is 102 Å². The number of nitrogens with two attached hydrogens (primary N) is 6. The number of hydrogen-bond acceptors (Lipinski definition) is 45. The number of fused-ring (bicyclic) bond motifs is 15. The van der Waals surface area contributed by atoms with Gasteiger partial charge in [-0.05, 0) is 77.2 Å². The average molecular weight is 2140 g/mol. The molecule has 726 valence electrons. The van der Waals surface area contributed by atoms with Crippen molar-refractivity contribution in [2.24, 2.45) is 0 Å². The molecule has 0 spiro atoms. The number of hydrogen-bond donors (Lipinski definition) is 15. The first-order valence-corrected chi connectivity index (χ1v) is 55.9. The zero-order valence-corrected chi connectivity index (χ0v) is 78.4. The lowest BCUT2D eigenvalue weighted by Crippen LogP contribution is -2.34. The quantitative estimate of drug-likeness (QED) is 0.0646. The Bertz CT molecular complexity index is 6500. The number of anilines is 6. The third-order valence-corrected chi connectivity index (χ3v) is 32.0. The Labute approximate surface area is 782 Å². The van der Waals surface area contributed by atoms with Gasteiger partial charge >= 0.3 is 33.7 Å². The minimum atomic E-state index is -4.44. The van der Waals surface area contributed by atoms with Crippen molar-refractivity contribution in [3.05, 3.63) is 106 Å². The summed E-state index contributed by atoms with van der Waals surface area (Å²) in [4.78, 5) is 137. The molecule has 53 nitrogen and oxygen atoms in total. The third-order valence-electron chi connectivity index (χ3n) is 22.0. The molecule has 0 aliphatic carbocycles. The molecule has 6 unspecified atom stereocenters. The summed E-state index contributed by atoms with van der Waals surface area (Å²) in [5.74, 6) is -0.732. The Kier molecular flexibility index (Phi) is 26.4. The summed E-state index contributed by atoms with van der Waals surface area (Å²) < 4.78 is 218. The smallest absolute Gasteiger partial charge is 0.386 e. The molecule has 12 aromatic heterocycles. The highest BCUT2D eigenvalue weighted by molar-refractivity contribution is 8.60. The predicted molar refractivity (Wildman–Crippen MR) is 477 cm³/mol. The maximum absolute atomic E-state index is 16.1. The number of rotatable bonds is 6. The minimum absolute atomic E-state index is 0.0285. The number of nitrogens with zero attached hydrogens (tertiary/aromatic N) is 18. The molecular formula is C63H69F6N27O26P6S7. The van der Waals surface area contributed by atoms with Gasteiger partial charge in [-0.1, -0.05) is 24.5 Å². The monoisotopic (exact) mass is 2140 g/mol. The van der Waals surface area contributed by atoms with Gasteiger partial charge in [-0.2, -0.15) is 15.0 Å². The van der Waals surface area contributed by atoms with E-state index >= 15 is 26.3 Å². The Morgan fingerprint density at radius 3 is 0.904 bits per heavy atom. The van der Waals surface area contributed by atoms with Crippen LogP contribution >= 0.6 is 63.9 Å². The van der Waals surface area contributed by atoms with E-state index in [1.807, 2.05) is 0 Å². The van der Waals surface area contributed by atoms with Crippen LogP contribution in [-0.4, -0.2) is 272 Å². The molecule has 0 aromatic carbocycles. The number of pyridine rings is 3. The van der Waals surface area contributed by atoms with Gasteiger partial charge in [0.05, 0.1) is 94.7 Å². The molecule has 30 atom stereocenters. The van der Waals surface area contributed by atoms with Crippen LogP contribution in [-0.2, 0) is 146 Å². The maximum Gasteiger partial charge on any atom is 0.386 e. The molecule has 9 aliphatic rings. The lowest BCUT2D eigenvalue weighted by Gasteiger charge is -2.28. The van der Waals surface area contributed by atoms with Crippen LogP contribution < -0.4 is 51.1 Å². The lowest BCUT2D eigenvalue weighted by atomic mass is 10.1. The normalized spacial score (nSPS) is 37.7. The highest BCUT2D eigenvalue weighted by atomic mass is 32.9. The molecule has 9 fully saturated rings. The van der Waals surface area contributed by atoms with E-state index in [0.29, 0.717) is 22.4 Å². The van der Waals surface area contributed by atoms with Crippen molar-refractivity contribution in [1.29, 1.82) is 0 Å². The molecule has 0 saturated carbocycles. The zero-order valence-electron chi connectivity index (χ0n) is 67.2. The molecule has 19 N–H and O–H groups in total. The van der Waals surface area contributed by atoms with Gasteiger partial charge in [0, 0.05) is 18.6 Å². The summed E-state index contributed by atoms with van der Waals surface area (Å²) >= 11 is 34.5. The Morgan fingerprint density at radius 2 is 0.585 bits per heavy atom. The molecule has 6 bridgehead atoms. The summed E-state index contributed by atoms with van der Waals surface area (Å²) in [7, 11) is 0. The topological polar surface area (TPSA) is 703 Å². The van der Waals surface area contributed by atoms with E-state index in [2.05, 4.69) is 99.3 Å². The van der Waals surface area contributed by atoms with Crippen molar-refractivity contribution >= 4 is 225 Å². The van der Waals surface area contributed by atoms with Crippen LogP contribution in [0.3, 0.4) is 0 Å². The molecule has 0 radical (unpaired) electrons. The number of aromatic amines is 3. The van der Waals surface area contributed by atoms with Gasteiger partial charge in [-0.3, -0.25) is 83.9 Å². The van der Waals surface area contributed by atoms with Gasteiger partial charge in [0.1, 0.15) is 89.8 Å². The number of nitrogens with one attached hydrogen (secondary N) is 3. The number of nitrogen functional groups attached to an aromatic ring is 6. The van der Waals surface area contributed by atoms with Crippen LogP contribution in [0.5, 0.6) is 0 Å². The fourth-order valence-corrected chi connectivity index (χ4v) is 25.0. The van der Waals surface area contributed by atoms with Gasteiger partial charge in [0.2, 0.25) is 23.5 Å². The summed E-state index contributed by atoms with van der Waals surface area (Å²) in [5.41, 5.74) is 31.1. The van der Waals surface area contributed by atoms with Crippen LogP contribution in [0.15, 0.2) is 89.1 Å². The second-order valence-corrected chi connectivity index (χ2v) is 49.8. The van der Waals surface area contributed by atoms with Crippen LogP contribution in [0.1, 0.15) is 37.4 Å². The number of alkyl halides is 6. The first-order chi connectivity index (χ1) is 63.9. The number of imidazole rings is 6. The summed E-state index contributed by atoms with van der Waals surface area (Å²) in [5, 5.41) is 0. The summed E-state index contributed by atoms with van der Waals surface area (Å²) in [6.45, 7) is -25.6. The van der Waals surface area contributed by atoms with E-state index in [4.69, 9.17) is 176 Å². The number of thiol groups is 2. The van der Waals surface area contributed by atoms with Gasteiger partial charge < -0.3 is 110 Å². The van der Waals surface area contributed by atoms with Crippen molar-refractivity contribution < 1.29 is 133 Å². The van der Waals surface area contributed by atoms with Crippen molar-refractivity contribution in [3.63, 3.8) is 0 Å². The van der Waals surface area contributed by atoms with E-state index in [1.54, 1.807) is 0 Å². The van der Waals surface area contributed by atoms with E-state index in [1.165, 1.54) is 80.4 Å². The van der Waals surface area contributed by atoms with Crippen LogP contribution in [0.4, 0.5) is 61.2 Å². The Hall–Kier alpha value is -7.41. The standard InChI is InChI=1S/2C21H23F2N9O9P2S2.C21H23F2N9O8P2S3/c2*22-10-8-3-36-42(34,44)40-14-9(39-19(11(14)23)31-5-27-12-7(24)1-2-26-16(12)31)4-37-43(35,45)41-15(10)20(38-8)32-6-28-13-17(32)29-21(25)30-18(13)33;22-10-8-3-35-41(34,43)39-14-9(38-19(11(14)23)31-5-27-12-7(24)1-2-26-16(12)31)4-36-42(44,45)40-15(10)20(37-8)32-6-28-13-17(32)29-21(25)30-18(13)33/h2*1-2,5-6,8-11,14-15,19-20H,3-4H2,(H2,24,26)(H,34,44)(H,35,45)(H3,25,29,30,33);1-2,5-6,8-11,14-15,19-20H,3-4H2,(H2,24,26)(H,34,43)(H,44,45)(H3,25,29,30,33)/t2*8-,9-,10-,11+,14-,15-,19-,20-,42?,43?;8-,9-,10-,11+,14-,15-,19-,20-,41?/m111/s1. The Morgan fingerprint density at radius 1 is 0.333 bits per heavy atom. The maximum atomic E-state index is 16.1. The second kappa shape index (κ2) is 36.9. The van der Waals surface area contributed by atoms with Crippen LogP contribution in [0.2, 0.25) is 0 Å². The highest BCUT2D eigenvalue weighted by Crippen LogP contribution is 2.63. The largest absolute Gasteiger partial charge is 0.397 e. The average Bonchev–Trinajstić information content (AvgIpc) is 1.63. The van der Waals surface area contributed by atoms with Crippen LogP contribution in [0.25, 0.3) is 67.0 Å². The summed E-state index contributed by atoms with van der Waals surface area (Å²) in [6.07, 6.45) is -27.0. The lowest BCUT2D eigenvalue weighted by molar-refractivity contribution is -0.0599. The molecule has 72 heteroatoms. The molecule has 9 saturated heterocycles. The van der Waals surface area contributed by atoms with Gasteiger partial charge in [0.15, 0.2) is 125 Å². The van der Waals surface area contributed by atoms with Crippen LogP contribution in [0, 0.1) is 0 Å². The number of halogens is 6. The molecule has 0 amide bonds. The molecule has 21 heterocycles. The molecular weight excluding hydrogens is 2080 g/mol. The number of ether oxygens (including phenoxy) is 6. The van der Waals surface area contributed by atoms with Gasteiger partial charge in [-0.15, -0.1) is 0 Å². The molecule has 135 heavy (non-hydrogen) atoms. The van der Waals surface area contributed by atoms with Crippen molar-refractivity contribution in [3.8, 4) is 0 Å². The van der Waals surface area contributed by atoms with Crippen molar-refractivity contribution in [2.45, 2.75) is 148 Å². The van der Waals surface area contributed by atoms with E-state index < -0.39 is 243 Å². The minimum Gasteiger partial charge on any atom is -0.397 e. The first kappa shape index (κ1) is 96.5. The molecule has 9 aliphatic heterocycles. The van der Waals surface area contributed by atoms with Gasteiger partial charge in [-0.25, -0.2) is 75.8 Å². The Balaban J connectivity index is 0.000000130. The summed E-state index contributed by atoms with van der Waals surface area (Å²) in [6, 6.07) is 4.57. The number of aromatic nitrogens is 21. The van der Waals surface area contributed by atoms with Gasteiger partial charge in [0.25, 0.3) is 16.7 Å². The SMILES string of the molecule is Nc1nc2c(ncn2[C@@H]2O[C@@H]3COP(=O)(S)O[C@H]4[C@H](F)[C@H](n5cnc6c(N)ccnc65)O[C@@H]4COP(O)(=S)O[C@@H]2[C@@H]3F)c(=O)[nH]1.Nc1nc2c(ncn2[C@@H]2O[C@@H]3COP(O)(=S)O[C@H]4[C@H](F)[C@H](n5cnc6c(N)ccnc65)O[C@@H]4COP(=S)(S)O[C@@H]2[C@@H]3F)c(=O)[nH]1.Nc1nc2c(ncn2[C@@H]2O[C@@H]3COP(O)(=S)O[C@H]4[C@H](F)[C@H](n5cnc6c(N)ccnc65)O[C@@H]4COP(O)(=S)O[C@@H]2[C@@H]3F)c(=O)[nH]1. The van der Waals surface area contributed by atoms with E-state index in [-0.39, 0.29) is 79.5 Å². The fraction of sp³-hybridized carbons (Fsp3) is 0.476. The number of H-pyrrole nitrogens is 3. The molecule has 21 rings (SSSR count). The fourth-order valence-electron chi connectivity index (χ4n) is 15.9. The van der Waals surface area contributed by atoms with Crippen molar-refractivity contribution in [2.75, 3.05) is 74.0 Å².